The second-order valence-electron chi connectivity index (χ2n) is 4.56. The molecule has 3 heteroatoms. The van der Waals surface area contributed by atoms with Crippen molar-refractivity contribution >= 4 is 32.5 Å². The van der Waals surface area contributed by atoms with Crippen LogP contribution < -0.4 is 4.74 Å². The number of ketones is 1. The zero-order valence-electron chi connectivity index (χ0n) is 9.86. The van der Waals surface area contributed by atoms with E-state index in [1.165, 1.54) is 0 Å². The van der Waals surface area contributed by atoms with Crippen LogP contribution in [0.3, 0.4) is 0 Å². The van der Waals surface area contributed by atoms with E-state index in [-0.39, 0.29) is 11.9 Å². The summed E-state index contributed by atoms with van der Waals surface area (Å²) in [4.78, 5) is 11.7. The Balaban J connectivity index is 2.04. The summed E-state index contributed by atoms with van der Waals surface area (Å²) in [6.07, 6.45) is 2.14. The highest BCUT2D eigenvalue weighted by Crippen LogP contribution is 2.35. The monoisotopic (exact) mass is 304 g/mol. The van der Waals surface area contributed by atoms with E-state index >= 15 is 0 Å². The summed E-state index contributed by atoms with van der Waals surface area (Å²) >= 11 is 3.51. The zero-order chi connectivity index (χ0) is 12.5. The zero-order valence-corrected chi connectivity index (χ0v) is 11.4. The van der Waals surface area contributed by atoms with Gasteiger partial charge in [-0.1, -0.05) is 30.3 Å². The number of rotatable bonds is 2. The van der Waals surface area contributed by atoms with Crippen LogP contribution in [-0.2, 0) is 4.79 Å². The molecule has 2 nitrogen and oxygen atoms in total. The molecule has 0 aromatic heterocycles. The molecule has 1 saturated carbocycles. The SMILES string of the molecule is O=C1CCCC1Oc1c(Br)ccc2ccccc12. The Morgan fingerprint density at radius 1 is 1.17 bits per heavy atom. The van der Waals surface area contributed by atoms with Crippen LogP contribution >= 0.6 is 15.9 Å². The molecule has 0 heterocycles. The Hall–Kier alpha value is -1.35. The minimum Gasteiger partial charge on any atom is -0.481 e. The van der Waals surface area contributed by atoms with Gasteiger partial charge in [-0.25, -0.2) is 0 Å². The quantitative estimate of drug-likeness (QED) is 0.835. The van der Waals surface area contributed by atoms with Crippen molar-refractivity contribution in [3.8, 4) is 5.75 Å². The summed E-state index contributed by atoms with van der Waals surface area (Å²) in [5.41, 5.74) is 0. The van der Waals surface area contributed by atoms with Crippen molar-refractivity contribution in [3.63, 3.8) is 0 Å². The van der Waals surface area contributed by atoms with Crippen LogP contribution in [0, 0.1) is 0 Å². The number of fused-ring (bicyclic) bond motifs is 1. The molecule has 2 aromatic rings. The van der Waals surface area contributed by atoms with E-state index < -0.39 is 0 Å². The van der Waals surface area contributed by atoms with E-state index in [9.17, 15) is 4.79 Å². The predicted octanol–water partition coefficient (Wildman–Crippen LogP) is 4.10. The molecule has 0 N–H and O–H groups in total. The van der Waals surface area contributed by atoms with Crippen molar-refractivity contribution < 1.29 is 9.53 Å². The Morgan fingerprint density at radius 3 is 2.78 bits per heavy atom. The highest BCUT2D eigenvalue weighted by molar-refractivity contribution is 9.10. The Morgan fingerprint density at radius 2 is 2.00 bits per heavy atom. The fourth-order valence-corrected chi connectivity index (χ4v) is 2.83. The van der Waals surface area contributed by atoms with Crippen LogP contribution in [0.15, 0.2) is 40.9 Å². The lowest BCUT2D eigenvalue weighted by Crippen LogP contribution is -2.21. The lowest BCUT2D eigenvalue weighted by molar-refractivity contribution is -0.123. The van der Waals surface area contributed by atoms with Gasteiger partial charge < -0.3 is 4.74 Å². The largest absolute Gasteiger partial charge is 0.481 e. The van der Waals surface area contributed by atoms with Crippen LogP contribution in [0.5, 0.6) is 5.75 Å². The standard InChI is InChI=1S/C15H13BrO2/c16-12-9-8-10-4-1-2-5-11(10)15(12)18-14-7-3-6-13(14)17/h1-2,4-5,8-9,14H,3,6-7H2. The van der Waals surface area contributed by atoms with E-state index in [0.29, 0.717) is 6.42 Å². The average Bonchev–Trinajstić information content (AvgIpc) is 2.79. The van der Waals surface area contributed by atoms with Gasteiger partial charge in [0.05, 0.1) is 4.47 Å². The number of hydrogen-bond acceptors (Lipinski definition) is 2. The molecule has 3 rings (SSSR count). The summed E-state index contributed by atoms with van der Waals surface area (Å²) in [5, 5.41) is 2.17. The van der Waals surface area contributed by atoms with Crippen molar-refractivity contribution in [2.24, 2.45) is 0 Å². The summed E-state index contributed by atoms with van der Waals surface area (Å²) in [6.45, 7) is 0. The van der Waals surface area contributed by atoms with Crippen LogP contribution in [0.25, 0.3) is 10.8 Å². The first-order valence-corrected chi connectivity index (χ1v) is 6.91. The van der Waals surface area contributed by atoms with E-state index in [4.69, 9.17) is 4.74 Å². The van der Waals surface area contributed by atoms with E-state index in [1.54, 1.807) is 0 Å². The lowest BCUT2D eigenvalue weighted by Gasteiger charge is -2.15. The molecule has 2 aromatic carbocycles. The minimum absolute atomic E-state index is 0.217. The highest BCUT2D eigenvalue weighted by Gasteiger charge is 2.27. The molecule has 1 unspecified atom stereocenters. The number of carbonyl (C=O) groups excluding carboxylic acids is 1. The summed E-state index contributed by atoms with van der Waals surface area (Å²) in [6, 6.07) is 12.1. The highest BCUT2D eigenvalue weighted by atomic mass is 79.9. The van der Waals surface area contributed by atoms with Crippen molar-refractivity contribution in [3.05, 3.63) is 40.9 Å². The molecule has 1 aliphatic carbocycles. The molecule has 0 radical (unpaired) electrons. The topological polar surface area (TPSA) is 26.3 Å². The number of carbonyl (C=O) groups is 1. The first-order chi connectivity index (χ1) is 8.75. The van der Waals surface area contributed by atoms with Crippen LogP contribution in [0.4, 0.5) is 0 Å². The van der Waals surface area contributed by atoms with Crippen LogP contribution in [0.2, 0.25) is 0 Å². The van der Waals surface area contributed by atoms with Gasteiger partial charge in [0.2, 0.25) is 0 Å². The van der Waals surface area contributed by atoms with Gasteiger partial charge in [-0.05, 0) is 40.2 Å². The molecule has 18 heavy (non-hydrogen) atoms. The lowest BCUT2D eigenvalue weighted by atomic mass is 10.1. The second kappa shape index (κ2) is 4.73. The van der Waals surface area contributed by atoms with Gasteiger partial charge in [-0.3, -0.25) is 4.79 Å². The van der Waals surface area contributed by atoms with Gasteiger partial charge in [0.15, 0.2) is 11.9 Å². The van der Waals surface area contributed by atoms with Gasteiger partial charge in [0.25, 0.3) is 0 Å². The number of hydrogen-bond donors (Lipinski definition) is 0. The fourth-order valence-electron chi connectivity index (χ4n) is 2.39. The van der Waals surface area contributed by atoms with Gasteiger partial charge in [-0.2, -0.15) is 0 Å². The van der Waals surface area contributed by atoms with Gasteiger partial charge in [-0.15, -0.1) is 0 Å². The van der Waals surface area contributed by atoms with E-state index in [2.05, 4.69) is 15.9 Å². The van der Waals surface area contributed by atoms with E-state index in [0.717, 1.165) is 33.8 Å². The molecule has 0 saturated heterocycles. The molecule has 92 valence electrons. The van der Waals surface area contributed by atoms with E-state index in [1.807, 2.05) is 36.4 Å². The van der Waals surface area contributed by atoms with Gasteiger partial charge >= 0.3 is 0 Å². The molecule has 0 spiro atoms. The van der Waals surface area contributed by atoms with Crippen LogP contribution in [0.1, 0.15) is 19.3 Å². The third-order valence-corrected chi connectivity index (χ3v) is 3.96. The number of benzene rings is 2. The second-order valence-corrected chi connectivity index (χ2v) is 5.42. The predicted molar refractivity (Wildman–Crippen MR) is 74.9 cm³/mol. The maximum Gasteiger partial charge on any atom is 0.173 e. The van der Waals surface area contributed by atoms with Crippen molar-refractivity contribution in [2.45, 2.75) is 25.4 Å². The van der Waals surface area contributed by atoms with Crippen molar-refractivity contribution in [1.82, 2.24) is 0 Å². The number of Topliss-reactive ketones (excluding diaryl/α,β-unsaturated/α-hetero) is 1. The molecular weight excluding hydrogens is 292 g/mol. The fraction of sp³-hybridized carbons (Fsp3) is 0.267. The third-order valence-electron chi connectivity index (χ3n) is 3.34. The Kier molecular flexibility index (Phi) is 3.08. The first-order valence-electron chi connectivity index (χ1n) is 6.12. The Labute approximate surface area is 114 Å². The van der Waals surface area contributed by atoms with Gasteiger partial charge in [0.1, 0.15) is 5.75 Å². The summed E-state index contributed by atoms with van der Waals surface area (Å²) < 4.78 is 6.84. The minimum atomic E-state index is -0.271. The maximum atomic E-state index is 11.7. The molecule has 0 aliphatic heterocycles. The average molecular weight is 305 g/mol. The molecule has 1 atom stereocenters. The summed E-state index contributed by atoms with van der Waals surface area (Å²) in [5.74, 6) is 1.00. The Bertz CT molecular complexity index is 606. The molecule has 1 fully saturated rings. The molecular formula is C15H13BrO2. The van der Waals surface area contributed by atoms with Crippen molar-refractivity contribution in [2.75, 3.05) is 0 Å². The molecule has 0 amide bonds. The molecule has 0 bridgehead atoms. The van der Waals surface area contributed by atoms with Crippen molar-refractivity contribution in [1.29, 1.82) is 0 Å². The normalized spacial score (nSPS) is 19.4. The number of halogens is 1. The third kappa shape index (κ3) is 2.03. The number of ether oxygens (including phenoxy) is 1. The maximum absolute atomic E-state index is 11.7. The van der Waals surface area contributed by atoms with Gasteiger partial charge in [0, 0.05) is 11.8 Å². The summed E-state index contributed by atoms with van der Waals surface area (Å²) in [7, 11) is 0. The first kappa shape index (κ1) is 11.7. The smallest absolute Gasteiger partial charge is 0.173 e. The molecule has 1 aliphatic rings. The van der Waals surface area contributed by atoms with Crippen LogP contribution in [-0.4, -0.2) is 11.9 Å².